The standard InChI is InChI=1S/C27H42O/c1-3-4-18-27(19-9-6-10-20-27)21-17-25(22-23-11-7-5-8-12-23)24-13-15-26(28-2)16-14-24/h11,13-16,25H,3-10,12,17-22H2,1-2H3. The number of hydrogen-bond acceptors (Lipinski definition) is 1. The largest absolute Gasteiger partial charge is 0.497 e. The number of hydrogen-bond donors (Lipinski definition) is 0. The van der Waals surface area contributed by atoms with Crippen molar-refractivity contribution in [2.45, 2.75) is 109 Å². The lowest BCUT2D eigenvalue weighted by Crippen LogP contribution is -2.25. The number of methoxy groups -OCH3 is 1. The summed E-state index contributed by atoms with van der Waals surface area (Å²) in [6.45, 7) is 2.35. The predicted molar refractivity (Wildman–Crippen MR) is 121 cm³/mol. The predicted octanol–water partition coefficient (Wildman–Crippen LogP) is 8.59. The normalized spacial score (nSPS) is 20.4. The summed E-state index contributed by atoms with van der Waals surface area (Å²) in [5.41, 5.74) is 3.88. The van der Waals surface area contributed by atoms with Gasteiger partial charge in [-0.2, -0.15) is 0 Å². The first kappa shape index (κ1) is 21.5. The summed E-state index contributed by atoms with van der Waals surface area (Å²) in [5.74, 6) is 1.65. The molecule has 0 heterocycles. The van der Waals surface area contributed by atoms with Crippen LogP contribution in [0.15, 0.2) is 35.9 Å². The number of rotatable bonds is 10. The van der Waals surface area contributed by atoms with E-state index in [-0.39, 0.29) is 0 Å². The highest BCUT2D eigenvalue weighted by Crippen LogP contribution is 2.46. The molecule has 156 valence electrons. The van der Waals surface area contributed by atoms with Gasteiger partial charge in [-0.25, -0.2) is 0 Å². The third-order valence-corrected chi connectivity index (χ3v) is 7.48. The molecule has 0 bridgehead atoms. The molecule has 0 amide bonds. The van der Waals surface area contributed by atoms with E-state index in [2.05, 4.69) is 37.3 Å². The van der Waals surface area contributed by atoms with Gasteiger partial charge in [-0.15, -0.1) is 0 Å². The molecule has 0 aromatic heterocycles. The van der Waals surface area contributed by atoms with E-state index in [4.69, 9.17) is 4.74 Å². The fourth-order valence-corrected chi connectivity index (χ4v) is 5.63. The summed E-state index contributed by atoms with van der Waals surface area (Å²) in [4.78, 5) is 0. The van der Waals surface area contributed by atoms with E-state index in [0.717, 1.165) is 5.75 Å². The van der Waals surface area contributed by atoms with Gasteiger partial charge in [0.05, 0.1) is 7.11 Å². The lowest BCUT2D eigenvalue weighted by molar-refractivity contribution is 0.145. The van der Waals surface area contributed by atoms with Crippen LogP contribution in [0.2, 0.25) is 0 Å². The summed E-state index contributed by atoms with van der Waals surface area (Å²) in [6.07, 6.45) is 23.6. The van der Waals surface area contributed by atoms with Gasteiger partial charge in [0.25, 0.3) is 0 Å². The Morgan fingerprint density at radius 1 is 0.964 bits per heavy atom. The van der Waals surface area contributed by atoms with E-state index in [1.807, 2.05) is 0 Å². The SMILES string of the molecule is CCCCC1(CCC(CC2=CCCCC2)c2ccc(OC)cc2)CCCCC1. The molecular weight excluding hydrogens is 340 g/mol. The van der Waals surface area contributed by atoms with E-state index in [1.165, 1.54) is 102 Å². The highest BCUT2D eigenvalue weighted by atomic mass is 16.5. The molecule has 3 rings (SSSR count). The van der Waals surface area contributed by atoms with Gasteiger partial charge >= 0.3 is 0 Å². The summed E-state index contributed by atoms with van der Waals surface area (Å²) in [6, 6.07) is 8.97. The van der Waals surface area contributed by atoms with Crippen LogP contribution in [0.5, 0.6) is 5.75 Å². The Bertz CT molecular complexity index is 591. The van der Waals surface area contributed by atoms with Gasteiger partial charge < -0.3 is 4.74 Å². The molecule has 0 saturated heterocycles. The molecule has 1 aromatic carbocycles. The minimum absolute atomic E-state index is 0.639. The van der Waals surface area contributed by atoms with Crippen molar-refractivity contribution >= 4 is 0 Å². The van der Waals surface area contributed by atoms with Crippen molar-refractivity contribution in [1.82, 2.24) is 0 Å². The first-order chi connectivity index (χ1) is 13.7. The molecule has 0 radical (unpaired) electrons. The second kappa shape index (κ2) is 11.1. The van der Waals surface area contributed by atoms with E-state index in [0.29, 0.717) is 11.3 Å². The van der Waals surface area contributed by atoms with Crippen LogP contribution in [-0.4, -0.2) is 7.11 Å². The zero-order chi connectivity index (χ0) is 19.7. The smallest absolute Gasteiger partial charge is 0.118 e. The molecule has 0 aliphatic heterocycles. The van der Waals surface area contributed by atoms with Crippen LogP contribution in [0.1, 0.15) is 115 Å². The van der Waals surface area contributed by atoms with E-state index in [9.17, 15) is 0 Å². The molecule has 0 spiro atoms. The van der Waals surface area contributed by atoms with Crippen molar-refractivity contribution in [3.05, 3.63) is 41.5 Å². The molecule has 1 heteroatoms. The molecule has 1 aromatic rings. The van der Waals surface area contributed by atoms with Crippen LogP contribution in [0, 0.1) is 5.41 Å². The Hall–Kier alpha value is -1.24. The minimum atomic E-state index is 0.639. The molecule has 2 aliphatic rings. The van der Waals surface area contributed by atoms with E-state index >= 15 is 0 Å². The van der Waals surface area contributed by atoms with Crippen LogP contribution < -0.4 is 4.74 Å². The Morgan fingerprint density at radius 2 is 1.75 bits per heavy atom. The summed E-state index contributed by atoms with van der Waals surface area (Å²) < 4.78 is 5.40. The van der Waals surface area contributed by atoms with Gasteiger partial charge in [0.1, 0.15) is 5.75 Å². The molecule has 1 unspecified atom stereocenters. The third-order valence-electron chi connectivity index (χ3n) is 7.48. The van der Waals surface area contributed by atoms with Crippen LogP contribution in [0.4, 0.5) is 0 Å². The van der Waals surface area contributed by atoms with E-state index < -0.39 is 0 Å². The Labute approximate surface area is 174 Å². The van der Waals surface area contributed by atoms with Gasteiger partial charge in [0.2, 0.25) is 0 Å². The maximum atomic E-state index is 5.40. The summed E-state index contributed by atoms with van der Waals surface area (Å²) >= 11 is 0. The van der Waals surface area contributed by atoms with Gasteiger partial charge in [0, 0.05) is 0 Å². The number of allylic oxidation sites excluding steroid dienone is 2. The molecule has 28 heavy (non-hydrogen) atoms. The molecule has 1 nitrogen and oxygen atoms in total. The van der Waals surface area contributed by atoms with Crippen LogP contribution in [0.3, 0.4) is 0 Å². The average Bonchev–Trinajstić information content (AvgIpc) is 2.77. The van der Waals surface area contributed by atoms with Crippen LogP contribution >= 0.6 is 0 Å². The van der Waals surface area contributed by atoms with Crippen molar-refractivity contribution in [2.75, 3.05) is 7.11 Å². The quantitative estimate of drug-likeness (QED) is 0.368. The molecular formula is C27H42O. The summed E-state index contributed by atoms with van der Waals surface area (Å²) in [5, 5.41) is 0. The minimum Gasteiger partial charge on any atom is -0.497 e. The Kier molecular flexibility index (Phi) is 8.49. The molecule has 2 aliphatic carbocycles. The Balaban J connectivity index is 1.71. The number of benzene rings is 1. The molecule has 1 fully saturated rings. The van der Waals surface area contributed by atoms with Crippen molar-refractivity contribution in [3.8, 4) is 5.75 Å². The summed E-state index contributed by atoms with van der Waals surface area (Å²) in [7, 11) is 1.76. The fourth-order valence-electron chi connectivity index (χ4n) is 5.63. The second-order valence-electron chi connectivity index (χ2n) is 9.49. The monoisotopic (exact) mass is 382 g/mol. The molecule has 1 saturated carbocycles. The number of unbranched alkanes of at least 4 members (excludes halogenated alkanes) is 1. The Morgan fingerprint density at radius 3 is 2.39 bits per heavy atom. The second-order valence-corrected chi connectivity index (χ2v) is 9.49. The maximum absolute atomic E-state index is 5.40. The first-order valence-corrected chi connectivity index (χ1v) is 12.1. The average molecular weight is 383 g/mol. The molecule has 0 N–H and O–H groups in total. The van der Waals surface area contributed by atoms with Crippen molar-refractivity contribution < 1.29 is 4.74 Å². The maximum Gasteiger partial charge on any atom is 0.118 e. The lowest BCUT2D eigenvalue weighted by Gasteiger charge is -2.39. The number of ether oxygens (including phenoxy) is 1. The van der Waals surface area contributed by atoms with Gasteiger partial charge in [-0.05, 0) is 93.2 Å². The fraction of sp³-hybridized carbons (Fsp3) is 0.704. The third kappa shape index (κ3) is 6.13. The van der Waals surface area contributed by atoms with Crippen LogP contribution in [0.25, 0.3) is 0 Å². The lowest BCUT2D eigenvalue weighted by atomic mass is 9.67. The highest BCUT2D eigenvalue weighted by molar-refractivity contribution is 5.30. The van der Waals surface area contributed by atoms with Crippen molar-refractivity contribution in [1.29, 1.82) is 0 Å². The zero-order valence-electron chi connectivity index (χ0n) is 18.5. The molecule has 1 atom stereocenters. The van der Waals surface area contributed by atoms with Gasteiger partial charge in [0.15, 0.2) is 0 Å². The first-order valence-electron chi connectivity index (χ1n) is 12.1. The highest BCUT2D eigenvalue weighted by Gasteiger charge is 2.32. The van der Waals surface area contributed by atoms with Crippen molar-refractivity contribution in [2.24, 2.45) is 5.41 Å². The van der Waals surface area contributed by atoms with Crippen LogP contribution in [-0.2, 0) is 0 Å². The van der Waals surface area contributed by atoms with Gasteiger partial charge in [-0.3, -0.25) is 0 Å². The van der Waals surface area contributed by atoms with E-state index in [1.54, 1.807) is 12.7 Å². The topological polar surface area (TPSA) is 9.23 Å². The van der Waals surface area contributed by atoms with Crippen molar-refractivity contribution in [3.63, 3.8) is 0 Å². The zero-order valence-corrected chi connectivity index (χ0v) is 18.5. The van der Waals surface area contributed by atoms with Gasteiger partial charge in [-0.1, -0.05) is 62.8 Å².